The molecule has 0 aliphatic carbocycles. The summed E-state index contributed by atoms with van der Waals surface area (Å²) >= 11 is 0. The van der Waals surface area contributed by atoms with Crippen LogP contribution < -0.4 is 0 Å². The van der Waals surface area contributed by atoms with Gasteiger partial charge in [-0.15, -0.1) is 0 Å². The monoisotopic (exact) mass is 977 g/mol. The van der Waals surface area contributed by atoms with E-state index in [1.807, 2.05) is 6.08 Å². The third-order valence-corrected chi connectivity index (χ3v) is 13.3. The first-order valence-electron chi connectivity index (χ1n) is 30.5. The SMILES string of the molecule is CC/C=C\C/C=C\C/C=C\C/C=C\C/C=C\C/C=C\CCC(=O)OC[C@@H](COCCCCCCCCCCCCCCCCCC)OC(=O)CCCCCCCCCCCCCCCCCCCCC. The van der Waals surface area contributed by atoms with Gasteiger partial charge in [-0.2, -0.15) is 0 Å². The van der Waals surface area contributed by atoms with Crippen molar-refractivity contribution in [3.8, 4) is 0 Å². The molecule has 0 unspecified atom stereocenters. The van der Waals surface area contributed by atoms with Crippen LogP contribution >= 0.6 is 0 Å². The van der Waals surface area contributed by atoms with Gasteiger partial charge in [-0.1, -0.05) is 306 Å². The minimum absolute atomic E-state index is 0.0481. The lowest BCUT2D eigenvalue weighted by molar-refractivity contribution is -0.162. The van der Waals surface area contributed by atoms with Crippen LogP contribution in [-0.2, 0) is 23.8 Å². The fourth-order valence-electron chi connectivity index (χ4n) is 8.77. The summed E-state index contributed by atoms with van der Waals surface area (Å²) in [7, 11) is 0. The molecule has 0 radical (unpaired) electrons. The van der Waals surface area contributed by atoms with Crippen molar-refractivity contribution in [2.45, 2.75) is 309 Å². The molecular formula is C65H116O5. The molecule has 0 rings (SSSR count). The summed E-state index contributed by atoms with van der Waals surface area (Å²) in [4.78, 5) is 25.5. The van der Waals surface area contributed by atoms with Crippen LogP contribution in [-0.4, -0.2) is 37.9 Å². The fourth-order valence-corrected chi connectivity index (χ4v) is 8.77. The van der Waals surface area contributed by atoms with E-state index in [-0.39, 0.29) is 25.2 Å². The Labute approximate surface area is 436 Å². The Morgan fingerprint density at radius 1 is 0.329 bits per heavy atom. The van der Waals surface area contributed by atoms with Crippen LogP contribution in [0.1, 0.15) is 303 Å². The van der Waals surface area contributed by atoms with Crippen LogP contribution in [0.5, 0.6) is 0 Å². The highest BCUT2D eigenvalue weighted by Gasteiger charge is 2.17. The second-order valence-electron chi connectivity index (χ2n) is 20.2. The van der Waals surface area contributed by atoms with E-state index in [9.17, 15) is 9.59 Å². The molecule has 0 heterocycles. The van der Waals surface area contributed by atoms with Gasteiger partial charge in [-0.05, 0) is 57.8 Å². The lowest BCUT2D eigenvalue weighted by Crippen LogP contribution is -2.30. The predicted octanol–water partition coefficient (Wildman–Crippen LogP) is 21.0. The zero-order valence-electron chi connectivity index (χ0n) is 46.8. The van der Waals surface area contributed by atoms with Crippen LogP contribution in [0.4, 0.5) is 0 Å². The molecule has 0 amide bonds. The van der Waals surface area contributed by atoms with Gasteiger partial charge in [0.2, 0.25) is 0 Å². The highest BCUT2D eigenvalue weighted by Crippen LogP contribution is 2.17. The molecule has 0 aromatic heterocycles. The second-order valence-corrected chi connectivity index (χ2v) is 20.2. The molecule has 0 aromatic carbocycles. The van der Waals surface area contributed by atoms with E-state index in [0.717, 1.165) is 64.2 Å². The van der Waals surface area contributed by atoms with Crippen molar-refractivity contribution in [2.24, 2.45) is 0 Å². The first-order chi connectivity index (χ1) is 34.6. The van der Waals surface area contributed by atoms with Gasteiger partial charge in [0.15, 0.2) is 6.10 Å². The zero-order valence-corrected chi connectivity index (χ0v) is 46.8. The summed E-state index contributed by atoms with van der Waals surface area (Å²) in [6, 6.07) is 0. The molecule has 0 saturated heterocycles. The summed E-state index contributed by atoms with van der Waals surface area (Å²) in [5.74, 6) is -0.478. The molecule has 0 aromatic rings. The predicted molar refractivity (Wildman–Crippen MR) is 307 cm³/mol. The van der Waals surface area contributed by atoms with Gasteiger partial charge in [-0.3, -0.25) is 9.59 Å². The van der Waals surface area contributed by atoms with Crippen molar-refractivity contribution in [3.05, 3.63) is 72.9 Å². The normalized spacial score (nSPS) is 12.7. The zero-order chi connectivity index (χ0) is 50.6. The van der Waals surface area contributed by atoms with Crippen LogP contribution in [0.25, 0.3) is 0 Å². The van der Waals surface area contributed by atoms with Crippen molar-refractivity contribution in [1.82, 2.24) is 0 Å². The van der Waals surface area contributed by atoms with Gasteiger partial charge in [0, 0.05) is 19.4 Å². The largest absolute Gasteiger partial charge is 0.462 e. The number of hydrogen-bond donors (Lipinski definition) is 0. The van der Waals surface area contributed by atoms with Crippen molar-refractivity contribution in [3.63, 3.8) is 0 Å². The second kappa shape index (κ2) is 60.6. The lowest BCUT2D eigenvalue weighted by atomic mass is 10.0. The summed E-state index contributed by atoms with van der Waals surface area (Å²) < 4.78 is 17.5. The molecule has 0 aliphatic heterocycles. The molecule has 0 N–H and O–H groups in total. The topological polar surface area (TPSA) is 61.8 Å². The number of rotatable bonds is 56. The maximum Gasteiger partial charge on any atom is 0.306 e. The Hall–Kier alpha value is -2.66. The molecule has 70 heavy (non-hydrogen) atoms. The third-order valence-electron chi connectivity index (χ3n) is 13.3. The number of allylic oxidation sites excluding steroid dienone is 12. The molecule has 5 heteroatoms. The van der Waals surface area contributed by atoms with E-state index in [1.165, 1.54) is 199 Å². The third kappa shape index (κ3) is 57.9. The highest BCUT2D eigenvalue weighted by molar-refractivity contribution is 5.70. The van der Waals surface area contributed by atoms with E-state index in [4.69, 9.17) is 14.2 Å². The molecule has 0 saturated carbocycles. The number of hydrogen-bond acceptors (Lipinski definition) is 5. The van der Waals surface area contributed by atoms with E-state index >= 15 is 0 Å². The highest BCUT2D eigenvalue weighted by atomic mass is 16.6. The Morgan fingerprint density at radius 2 is 0.643 bits per heavy atom. The van der Waals surface area contributed by atoms with E-state index in [2.05, 4.69) is 87.6 Å². The first kappa shape index (κ1) is 67.3. The van der Waals surface area contributed by atoms with Crippen LogP contribution in [0.15, 0.2) is 72.9 Å². The van der Waals surface area contributed by atoms with E-state index in [0.29, 0.717) is 25.9 Å². The van der Waals surface area contributed by atoms with Crippen LogP contribution in [0, 0.1) is 0 Å². The van der Waals surface area contributed by atoms with E-state index < -0.39 is 6.10 Å². The summed E-state index contributed by atoms with van der Waals surface area (Å²) in [6.45, 7) is 7.69. The van der Waals surface area contributed by atoms with Crippen molar-refractivity contribution >= 4 is 11.9 Å². The van der Waals surface area contributed by atoms with Crippen LogP contribution in [0.3, 0.4) is 0 Å². The fraction of sp³-hybridized carbons (Fsp3) is 0.785. The molecule has 0 fully saturated rings. The van der Waals surface area contributed by atoms with Gasteiger partial charge in [0.1, 0.15) is 6.61 Å². The summed E-state index contributed by atoms with van der Waals surface area (Å²) in [5.41, 5.74) is 0. The van der Waals surface area contributed by atoms with Crippen molar-refractivity contribution < 1.29 is 23.8 Å². The molecular weight excluding hydrogens is 861 g/mol. The number of carbonyl (C=O) groups is 2. The minimum Gasteiger partial charge on any atom is -0.462 e. The molecule has 406 valence electrons. The average molecular weight is 978 g/mol. The van der Waals surface area contributed by atoms with Gasteiger partial charge >= 0.3 is 11.9 Å². The van der Waals surface area contributed by atoms with Gasteiger partial charge in [0.05, 0.1) is 6.61 Å². The summed E-state index contributed by atoms with van der Waals surface area (Å²) in [5, 5.41) is 0. The van der Waals surface area contributed by atoms with Gasteiger partial charge < -0.3 is 14.2 Å². The van der Waals surface area contributed by atoms with Crippen molar-refractivity contribution in [2.75, 3.05) is 19.8 Å². The molecule has 0 spiro atoms. The number of ether oxygens (including phenoxy) is 3. The van der Waals surface area contributed by atoms with Gasteiger partial charge in [0.25, 0.3) is 0 Å². The Kier molecular flexibility index (Phi) is 58.3. The Balaban J connectivity index is 4.34. The smallest absolute Gasteiger partial charge is 0.306 e. The molecule has 0 bridgehead atoms. The number of unbranched alkanes of at least 4 members (excludes halogenated alkanes) is 33. The maximum absolute atomic E-state index is 12.9. The lowest BCUT2D eigenvalue weighted by Gasteiger charge is -2.18. The van der Waals surface area contributed by atoms with Crippen molar-refractivity contribution in [1.29, 1.82) is 0 Å². The standard InChI is InChI=1S/C65H116O5/c1-4-7-10-13-16-19-22-25-28-31-33-35-37-40-43-46-49-52-55-58-64(66)69-62-63(61-68-60-57-54-51-48-45-42-39-30-27-24-21-18-15-12-9-6-3)70-65(67)59-56-53-50-47-44-41-38-36-34-32-29-26-23-20-17-14-11-8-5-2/h7,10,16,19,25,28,33,35,40,43,49,52,63H,4-6,8-9,11-15,17-18,20-24,26-27,29-32,34,36-39,41-42,44-48,50-51,53-62H2,1-3H3/b10-7-,19-16-,28-25-,35-33-,43-40-,52-49-/t63-/m1/s1. The first-order valence-corrected chi connectivity index (χ1v) is 30.5. The Bertz CT molecular complexity index is 1240. The van der Waals surface area contributed by atoms with Gasteiger partial charge in [-0.25, -0.2) is 0 Å². The number of carbonyl (C=O) groups excluding carboxylic acids is 2. The minimum atomic E-state index is -0.566. The quantitative estimate of drug-likeness (QED) is 0.0345. The van der Waals surface area contributed by atoms with Crippen LogP contribution in [0.2, 0.25) is 0 Å². The molecule has 5 nitrogen and oxygen atoms in total. The maximum atomic E-state index is 12.9. The Morgan fingerprint density at radius 3 is 1.00 bits per heavy atom. The molecule has 1 atom stereocenters. The summed E-state index contributed by atoms with van der Waals surface area (Å²) in [6.07, 6.45) is 79.5. The molecule has 0 aliphatic rings. The van der Waals surface area contributed by atoms with E-state index in [1.54, 1.807) is 0 Å². The average Bonchev–Trinajstić information content (AvgIpc) is 3.36. The number of esters is 2.